The summed E-state index contributed by atoms with van der Waals surface area (Å²) in [6, 6.07) is 7.37. The summed E-state index contributed by atoms with van der Waals surface area (Å²) in [7, 11) is 0. The van der Waals surface area contributed by atoms with Crippen molar-refractivity contribution >= 4 is 40.1 Å². The van der Waals surface area contributed by atoms with E-state index in [-0.39, 0.29) is 23.7 Å². The molecule has 6 heteroatoms. The number of halogens is 1. The van der Waals surface area contributed by atoms with Gasteiger partial charge in [-0.25, -0.2) is 4.98 Å². The Bertz CT molecular complexity index is 770. The van der Waals surface area contributed by atoms with Crippen LogP contribution in [-0.2, 0) is 9.59 Å². The van der Waals surface area contributed by atoms with Crippen LogP contribution in [0.5, 0.6) is 0 Å². The maximum atomic E-state index is 12.1. The lowest BCUT2D eigenvalue weighted by molar-refractivity contribution is -0.138. The van der Waals surface area contributed by atoms with Crippen LogP contribution in [0, 0.1) is 18.8 Å². The number of aryl methyl sites for hydroxylation is 1. The number of hydrogen-bond acceptors (Lipinski definition) is 4. The molecule has 22 heavy (non-hydrogen) atoms. The average molecular weight is 318 g/mol. The fourth-order valence-corrected chi connectivity index (χ4v) is 2.78. The van der Waals surface area contributed by atoms with Crippen molar-refractivity contribution in [1.82, 2.24) is 9.99 Å². The molecule has 0 bridgehead atoms. The SMILES string of the molecule is Cc1ccc2nc(NN3C(=O)C(C)C(C)C3=O)cc(Cl)c2c1. The second-order valence-corrected chi connectivity index (χ2v) is 6.12. The first kappa shape index (κ1) is 14.8. The smallest absolute Gasteiger partial charge is 0.251 e. The first-order valence-corrected chi connectivity index (χ1v) is 7.47. The van der Waals surface area contributed by atoms with Crippen molar-refractivity contribution in [2.75, 3.05) is 5.43 Å². The number of rotatable bonds is 2. The summed E-state index contributed by atoms with van der Waals surface area (Å²) >= 11 is 6.28. The number of amides is 2. The minimum absolute atomic E-state index is 0.251. The molecule has 0 spiro atoms. The van der Waals surface area contributed by atoms with E-state index in [1.54, 1.807) is 19.9 Å². The van der Waals surface area contributed by atoms with Gasteiger partial charge in [-0.05, 0) is 19.1 Å². The lowest BCUT2D eigenvalue weighted by atomic mass is 10.00. The molecule has 1 N–H and O–H groups in total. The number of imide groups is 1. The van der Waals surface area contributed by atoms with Crippen LogP contribution in [0.15, 0.2) is 24.3 Å². The molecule has 1 saturated heterocycles. The van der Waals surface area contributed by atoms with E-state index < -0.39 is 0 Å². The Morgan fingerprint density at radius 2 is 1.77 bits per heavy atom. The predicted molar refractivity (Wildman–Crippen MR) is 85.3 cm³/mol. The van der Waals surface area contributed by atoms with Crippen molar-refractivity contribution < 1.29 is 9.59 Å². The second kappa shape index (κ2) is 5.25. The zero-order chi connectivity index (χ0) is 16.0. The molecule has 0 saturated carbocycles. The number of benzene rings is 1. The fourth-order valence-electron chi connectivity index (χ4n) is 2.52. The molecule has 1 aliphatic rings. The van der Waals surface area contributed by atoms with Gasteiger partial charge in [-0.15, -0.1) is 0 Å². The van der Waals surface area contributed by atoms with Crippen molar-refractivity contribution in [3.8, 4) is 0 Å². The minimum Gasteiger partial charge on any atom is -0.272 e. The Labute approximate surface area is 133 Å². The highest BCUT2D eigenvalue weighted by atomic mass is 35.5. The van der Waals surface area contributed by atoms with E-state index in [2.05, 4.69) is 10.4 Å². The molecular formula is C16H16ClN3O2. The molecule has 2 heterocycles. The van der Waals surface area contributed by atoms with Crippen LogP contribution < -0.4 is 5.43 Å². The number of carbonyl (C=O) groups excluding carboxylic acids is 2. The van der Waals surface area contributed by atoms with Crippen LogP contribution in [-0.4, -0.2) is 21.8 Å². The van der Waals surface area contributed by atoms with E-state index in [0.29, 0.717) is 16.4 Å². The first-order valence-electron chi connectivity index (χ1n) is 7.10. The molecule has 5 nitrogen and oxygen atoms in total. The Morgan fingerprint density at radius 1 is 1.14 bits per heavy atom. The highest BCUT2D eigenvalue weighted by molar-refractivity contribution is 6.35. The monoisotopic (exact) mass is 317 g/mol. The van der Waals surface area contributed by atoms with Crippen LogP contribution in [0.1, 0.15) is 19.4 Å². The molecular weight excluding hydrogens is 302 g/mol. The number of fused-ring (bicyclic) bond motifs is 1. The summed E-state index contributed by atoms with van der Waals surface area (Å²) < 4.78 is 0. The lowest BCUT2D eigenvalue weighted by Gasteiger charge is -2.17. The van der Waals surface area contributed by atoms with Crippen molar-refractivity contribution in [3.05, 3.63) is 34.9 Å². The molecule has 2 aromatic rings. The molecule has 1 aliphatic heterocycles. The standard InChI is InChI=1S/C16H16ClN3O2/c1-8-4-5-13-11(6-8)12(17)7-14(18-13)19-20-15(21)9(2)10(3)16(20)22/h4-7,9-10H,1-3H3,(H,18,19). The van der Waals surface area contributed by atoms with Crippen LogP contribution in [0.25, 0.3) is 10.9 Å². The number of aromatic nitrogens is 1. The predicted octanol–water partition coefficient (Wildman–Crippen LogP) is 3.16. The van der Waals surface area contributed by atoms with E-state index in [4.69, 9.17) is 11.6 Å². The van der Waals surface area contributed by atoms with E-state index in [9.17, 15) is 9.59 Å². The van der Waals surface area contributed by atoms with Crippen LogP contribution in [0.4, 0.5) is 5.82 Å². The first-order chi connectivity index (χ1) is 10.4. The summed E-state index contributed by atoms with van der Waals surface area (Å²) in [6.07, 6.45) is 0. The van der Waals surface area contributed by atoms with E-state index >= 15 is 0 Å². The van der Waals surface area contributed by atoms with Gasteiger partial charge in [-0.3, -0.25) is 15.0 Å². The van der Waals surface area contributed by atoms with Gasteiger partial charge < -0.3 is 0 Å². The van der Waals surface area contributed by atoms with Gasteiger partial charge in [-0.2, -0.15) is 5.01 Å². The quantitative estimate of drug-likeness (QED) is 0.864. The molecule has 2 atom stereocenters. The molecule has 2 unspecified atom stereocenters. The third kappa shape index (κ3) is 2.31. The third-order valence-electron chi connectivity index (χ3n) is 4.11. The van der Waals surface area contributed by atoms with Gasteiger partial charge >= 0.3 is 0 Å². The molecule has 1 aromatic heterocycles. The lowest BCUT2D eigenvalue weighted by Crippen LogP contribution is -2.36. The number of carbonyl (C=O) groups is 2. The van der Waals surface area contributed by atoms with Crippen molar-refractivity contribution in [3.63, 3.8) is 0 Å². The van der Waals surface area contributed by atoms with E-state index in [0.717, 1.165) is 16.0 Å². The molecule has 0 radical (unpaired) electrons. The number of nitrogens with one attached hydrogen (secondary N) is 1. The number of hydrogen-bond donors (Lipinski definition) is 1. The molecule has 3 rings (SSSR count). The summed E-state index contributed by atoms with van der Waals surface area (Å²) in [5.74, 6) is -0.791. The highest BCUT2D eigenvalue weighted by Gasteiger charge is 2.42. The molecule has 2 amide bonds. The van der Waals surface area contributed by atoms with Crippen molar-refractivity contribution in [2.45, 2.75) is 20.8 Å². The topological polar surface area (TPSA) is 62.3 Å². The van der Waals surface area contributed by atoms with Gasteiger partial charge in [0.15, 0.2) is 0 Å². The minimum atomic E-state index is -0.335. The Kier molecular flexibility index (Phi) is 3.53. The largest absolute Gasteiger partial charge is 0.272 e. The molecule has 114 valence electrons. The summed E-state index contributed by atoms with van der Waals surface area (Å²) in [5.41, 5.74) is 4.58. The Morgan fingerprint density at radius 3 is 2.41 bits per heavy atom. The van der Waals surface area contributed by atoms with Gasteiger partial charge in [0, 0.05) is 23.3 Å². The van der Waals surface area contributed by atoms with Gasteiger partial charge in [0.05, 0.1) is 10.5 Å². The number of anilines is 1. The Hall–Kier alpha value is -2.14. The Balaban J connectivity index is 1.97. The second-order valence-electron chi connectivity index (χ2n) is 5.71. The molecule has 1 fully saturated rings. The maximum Gasteiger partial charge on any atom is 0.251 e. The maximum absolute atomic E-state index is 12.1. The van der Waals surface area contributed by atoms with Gasteiger partial charge in [-0.1, -0.05) is 37.1 Å². The van der Waals surface area contributed by atoms with Crippen LogP contribution in [0.2, 0.25) is 5.02 Å². The number of pyridine rings is 1. The number of nitrogens with zero attached hydrogens (tertiary/aromatic N) is 2. The van der Waals surface area contributed by atoms with Gasteiger partial charge in [0.1, 0.15) is 5.82 Å². The normalized spacial score (nSPS) is 21.7. The fraction of sp³-hybridized carbons (Fsp3) is 0.312. The zero-order valence-corrected chi connectivity index (χ0v) is 13.3. The third-order valence-corrected chi connectivity index (χ3v) is 4.42. The van der Waals surface area contributed by atoms with Crippen LogP contribution in [0.3, 0.4) is 0 Å². The summed E-state index contributed by atoms with van der Waals surface area (Å²) in [6.45, 7) is 5.47. The van der Waals surface area contributed by atoms with E-state index in [1.165, 1.54) is 0 Å². The summed E-state index contributed by atoms with van der Waals surface area (Å²) in [5, 5.41) is 2.40. The van der Waals surface area contributed by atoms with Gasteiger partial charge in [0.2, 0.25) is 0 Å². The van der Waals surface area contributed by atoms with Gasteiger partial charge in [0.25, 0.3) is 11.8 Å². The van der Waals surface area contributed by atoms with Crippen LogP contribution >= 0.6 is 11.6 Å². The van der Waals surface area contributed by atoms with Crippen molar-refractivity contribution in [2.24, 2.45) is 11.8 Å². The average Bonchev–Trinajstić information content (AvgIpc) is 2.66. The molecule has 1 aromatic carbocycles. The summed E-state index contributed by atoms with van der Waals surface area (Å²) in [4.78, 5) is 28.6. The highest BCUT2D eigenvalue weighted by Crippen LogP contribution is 2.29. The molecule has 0 aliphatic carbocycles. The van der Waals surface area contributed by atoms with E-state index in [1.807, 2.05) is 25.1 Å². The number of hydrazine groups is 1. The van der Waals surface area contributed by atoms with Crippen molar-refractivity contribution in [1.29, 1.82) is 0 Å². The zero-order valence-electron chi connectivity index (χ0n) is 12.6.